The summed E-state index contributed by atoms with van der Waals surface area (Å²) in [5, 5.41) is 10.2. The van der Waals surface area contributed by atoms with E-state index < -0.39 is 0 Å². The highest BCUT2D eigenvalue weighted by atomic mass is 16.5. The Balaban J connectivity index is 2.45. The molecule has 1 aromatic rings. The van der Waals surface area contributed by atoms with Crippen molar-refractivity contribution in [2.75, 3.05) is 26.2 Å². The van der Waals surface area contributed by atoms with Crippen LogP contribution in [0.1, 0.15) is 45.3 Å². The van der Waals surface area contributed by atoms with Crippen LogP contribution in [0.3, 0.4) is 0 Å². The van der Waals surface area contributed by atoms with E-state index in [4.69, 9.17) is 4.74 Å². The molecule has 0 aliphatic heterocycles. The van der Waals surface area contributed by atoms with Gasteiger partial charge in [0.15, 0.2) is 0 Å². The van der Waals surface area contributed by atoms with Gasteiger partial charge in [-0.1, -0.05) is 32.9 Å². The molecule has 0 amide bonds. The molecule has 1 rings (SSSR count). The van der Waals surface area contributed by atoms with E-state index in [-0.39, 0.29) is 6.10 Å². The lowest BCUT2D eigenvalue weighted by atomic mass is 10.1. The van der Waals surface area contributed by atoms with Crippen molar-refractivity contribution in [1.29, 1.82) is 0 Å². The first-order valence-electron chi connectivity index (χ1n) is 7.34. The van der Waals surface area contributed by atoms with Crippen LogP contribution in [0, 0.1) is 0 Å². The van der Waals surface area contributed by atoms with Gasteiger partial charge in [0.1, 0.15) is 5.75 Å². The summed E-state index contributed by atoms with van der Waals surface area (Å²) in [7, 11) is 0. The number of aliphatic hydroxyl groups excluding tert-OH is 1. The fourth-order valence-electron chi connectivity index (χ4n) is 2.02. The number of aliphatic hydroxyl groups is 1. The highest BCUT2D eigenvalue weighted by Gasteiger charge is 2.09. The Morgan fingerprint density at radius 3 is 2.26 bits per heavy atom. The Kier molecular flexibility index (Phi) is 7.53. The number of benzene rings is 1. The van der Waals surface area contributed by atoms with E-state index in [0.717, 1.165) is 50.4 Å². The third kappa shape index (κ3) is 5.62. The molecule has 0 aliphatic carbocycles. The molecule has 19 heavy (non-hydrogen) atoms. The van der Waals surface area contributed by atoms with E-state index in [1.165, 1.54) is 0 Å². The first-order chi connectivity index (χ1) is 9.21. The Labute approximate surface area is 117 Å². The van der Waals surface area contributed by atoms with Crippen molar-refractivity contribution in [3.8, 4) is 5.75 Å². The summed E-state index contributed by atoms with van der Waals surface area (Å²) in [4.78, 5) is 2.32. The molecule has 0 heterocycles. The van der Waals surface area contributed by atoms with Crippen molar-refractivity contribution in [2.45, 2.75) is 39.7 Å². The van der Waals surface area contributed by atoms with Crippen LogP contribution >= 0.6 is 0 Å². The van der Waals surface area contributed by atoms with Gasteiger partial charge in [-0.25, -0.2) is 0 Å². The molecule has 0 saturated carbocycles. The molecule has 1 atom stereocenters. The Hall–Kier alpha value is -1.06. The maximum Gasteiger partial charge on any atom is 0.119 e. The topological polar surface area (TPSA) is 32.7 Å². The third-order valence-corrected chi connectivity index (χ3v) is 3.35. The van der Waals surface area contributed by atoms with Crippen molar-refractivity contribution in [1.82, 2.24) is 4.90 Å². The average molecular weight is 265 g/mol. The molecule has 0 saturated heterocycles. The second-order valence-corrected chi connectivity index (χ2v) is 4.75. The summed E-state index contributed by atoms with van der Waals surface area (Å²) in [6, 6.07) is 7.78. The molecule has 1 N–H and O–H groups in total. The molecule has 0 aliphatic rings. The van der Waals surface area contributed by atoms with Crippen LogP contribution in [-0.2, 0) is 0 Å². The van der Waals surface area contributed by atoms with Crippen LogP contribution < -0.4 is 4.74 Å². The van der Waals surface area contributed by atoms with Gasteiger partial charge in [0.25, 0.3) is 0 Å². The van der Waals surface area contributed by atoms with Gasteiger partial charge in [0.05, 0.1) is 12.7 Å². The van der Waals surface area contributed by atoms with E-state index in [2.05, 4.69) is 25.7 Å². The lowest BCUT2D eigenvalue weighted by Gasteiger charge is -2.20. The second-order valence-electron chi connectivity index (χ2n) is 4.75. The van der Waals surface area contributed by atoms with E-state index in [1.54, 1.807) is 0 Å². The largest absolute Gasteiger partial charge is 0.494 e. The number of hydrogen-bond acceptors (Lipinski definition) is 3. The van der Waals surface area contributed by atoms with Crippen LogP contribution in [0.2, 0.25) is 0 Å². The minimum absolute atomic E-state index is 0.388. The first kappa shape index (κ1) is 16.0. The molecular weight excluding hydrogens is 238 g/mol. The number of ether oxygens (including phenoxy) is 1. The standard InChI is InChI=1S/C16H27NO2/c1-4-13-19-15-9-7-14(8-10-15)16(18)11-12-17(5-2)6-3/h7-10,16,18H,4-6,11-13H2,1-3H3. The molecule has 0 bridgehead atoms. The van der Waals surface area contributed by atoms with Crippen LogP contribution in [0.5, 0.6) is 5.75 Å². The molecule has 3 nitrogen and oxygen atoms in total. The van der Waals surface area contributed by atoms with E-state index in [0.29, 0.717) is 0 Å². The minimum atomic E-state index is -0.388. The number of hydrogen-bond donors (Lipinski definition) is 1. The lowest BCUT2D eigenvalue weighted by molar-refractivity contribution is 0.145. The van der Waals surface area contributed by atoms with Gasteiger partial charge in [-0.3, -0.25) is 0 Å². The fourth-order valence-corrected chi connectivity index (χ4v) is 2.02. The maximum absolute atomic E-state index is 10.2. The highest BCUT2D eigenvalue weighted by molar-refractivity contribution is 5.28. The molecular formula is C16H27NO2. The molecule has 0 aromatic heterocycles. The van der Waals surface area contributed by atoms with Gasteiger partial charge in [-0.05, 0) is 43.6 Å². The summed E-state index contributed by atoms with van der Waals surface area (Å²) >= 11 is 0. The minimum Gasteiger partial charge on any atom is -0.494 e. The molecule has 108 valence electrons. The normalized spacial score (nSPS) is 12.7. The van der Waals surface area contributed by atoms with Crippen molar-refractivity contribution in [3.05, 3.63) is 29.8 Å². The number of rotatable bonds is 9. The summed E-state index contributed by atoms with van der Waals surface area (Å²) in [6.45, 7) is 10.1. The molecule has 1 unspecified atom stereocenters. The van der Waals surface area contributed by atoms with Gasteiger partial charge in [0.2, 0.25) is 0 Å². The van der Waals surface area contributed by atoms with Crippen molar-refractivity contribution >= 4 is 0 Å². The molecule has 3 heteroatoms. The smallest absolute Gasteiger partial charge is 0.119 e. The Bertz CT molecular complexity index is 333. The van der Waals surface area contributed by atoms with Crippen molar-refractivity contribution in [2.24, 2.45) is 0 Å². The monoisotopic (exact) mass is 265 g/mol. The molecule has 0 spiro atoms. The highest BCUT2D eigenvalue weighted by Crippen LogP contribution is 2.20. The summed E-state index contributed by atoms with van der Waals surface area (Å²) < 4.78 is 5.53. The SMILES string of the molecule is CCCOc1ccc(C(O)CCN(CC)CC)cc1. The van der Waals surface area contributed by atoms with Gasteiger partial charge in [0, 0.05) is 6.54 Å². The van der Waals surface area contributed by atoms with Crippen molar-refractivity contribution in [3.63, 3.8) is 0 Å². The zero-order valence-corrected chi connectivity index (χ0v) is 12.4. The van der Waals surface area contributed by atoms with Crippen LogP contribution in [0.4, 0.5) is 0 Å². The summed E-state index contributed by atoms with van der Waals surface area (Å²) in [6.07, 6.45) is 1.39. The van der Waals surface area contributed by atoms with Crippen LogP contribution in [0.15, 0.2) is 24.3 Å². The second kappa shape index (κ2) is 8.94. The Morgan fingerprint density at radius 1 is 1.11 bits per heavy atom. The van der Waals surface area contributed by atoms with E-state index in [9.17, 15) is 5.11 Å². The summed E-state index contributed by atoms with van der Waals surface area (Å²) in [5.41, 5.74) is 0.969. The number of nitrogens with zero attached hydrogens (tertiary/aromatic N) is 1. The quantitative estimate of drug-likeness (QED) is 0.744. The van der Waals surface area contributed by atoms with Gasteiger partial charge in [-0.15, -0.1) is 0 Å². The third-order valence-electron chi connectivity index (χ3n) is 3.35. The zero-order valence-electron chi connectivity index (χ0n) is 12.4. The lowest BCUT2D eigenvalue weighted by Crippen LogP contribution is -2.25. The van der Waals surface area contributed by atoms with E-state index >= 15 is 0 Å². The molecule has 0 fully saturated rings. The summed E-state index contributed by atoms with van der Waals surface area (Å²) in [5.74, 6) is 0.876. The fraction of sp³-hybridized carbons (Fsp3) is 0.625. The van der Waals surface area contributed by atoms with Crippen LogP contribution in [-0.4, -0.2) is 36.2 Å². The molecule has 1 aromatic carbocycles. The zero-order chi connectivity index (χ0) is 14.1. The van der Waals surface area contributed by atoms with Gasteiger partial charge >= 0.3 is 0 Å². The van der Waals surface area contributed by atoms with Gasteiger partial charge in [-0.2, -0.15) is 0 Å². The van der Waals surface area contributed by atoms with Crippen LogP contribution in [0.25, 0.3) is 0 Å². The predicted octanol–water partition coefficient (Wildman–Crippen LogP) is 3.24. The van der Waals surface area contributed by atoms with Gasteiger partial charge < -0.3 is 14.7 Å². The van der Waals surface area contributed by atoms with E-state index in [1.807, 2.05) is 24.3 Å². The first-order valence-corrected chi connectivity index (χ1v) is 7.34. The average Bonchev–Trinajstić information content (AvgIpc) is 2.46. The maximum atomic E-state index is 10.2. The Morgan fingerprint density at radius 2 is 1.74 bits per heavy atom. The van der Waals surface area contributed by atoms with Crippen molar-refractivity contribution < 1.29 is 9.84 Å². The molecule has 0 radical (unpaired) electrons. The predicted molar refractivity (Wildman–Crippen MR) is 79.6 cm³/mol.